The van der Waals surface area contributed by atoms with Crippen molar-refractivity contribution in [2.75, 3.05) is 17.7 Å². The van der Waals surface area contributed by atoms with Crippen molar-refractivity contribution in [3.63, 3.8) is 0 Å². The first-order valence-electron chi connectivity index (χ1n) is 9.15. The predicted octanol–water partition coefficient (Wildman–Crippen LogP) is 3.64. The van der Waals surface area contributed by atoms with Gasteiger partial charge in [0.05, 0.1) is 7.11 Å². The van der Waals surface area contributed by atoms with Gasteiger partial charge in [0.15, 0.2) is 0 Å². The number of fused-ring (bicyclic) bond motifs is 1. The van der Waals surface area contributed by atoms with Crippen LogP contribution in [0.5, 0.6) is 5.75 Å². The molecule has 1 aromatic heterocycles. The number of carbonyl (C=O) groups excluding carboxylic acids is 2. The molecule has 150 valence electrons. The number of benzene rings is 2. The minimum atomic E-state index is -0.455. The second-order valence-electron chi connectivity index (χ2n) is 6.67. The molecule has 3 aromatic rings. The van der Waals surface area contributed by atoms with E-state index in [1.807, 2.05) is 13.0 Å². The van der Waals surface area contributed by atoms with E-state index in [9.17, 15) is 14.4 Å². The molecule has 3 rings (SSSR count). The maximum Gasteiger partial charge on any atom is 0.339 e. The Morgan fingerprint density at radius 1 is 1.07 bits per heavy atom. The number of methoxy groups -OCH3 is 1. The summed E-state index contributed by atoms with van der Waals surface area (Å²) in [7, 11) is 1.55. The lowest BCUT2D eigenvalue weighted by Gasteiger charge is -2.10. The molecule has 0 atom stereocenters. The maximum absolute atomic E-state index is 12.4. The molecular weight excluding hydrogens is 372 g/mol. The summed E-state index contributed by atoms with van der Waals surface area (Å²) in [5, 5.41) is 6.25. The number of ether oxygens (including phenoxy) is 1. The minimum absolute atomic E-state index is 0.123. The molecule has 0 fully saturated rings. The molecule has 29 heavy (non-hydrogen) atoms. The molecule has 0 aliphatic carbocycles. The number of nitrogens with one attached hydrogen (secondary N) is 2. The summed E-state index contributed by atoms with van der Waals surface area (Å²) in [6.45, 7) is 3.26. The second kappa shape index (κ2) is 8.60. The highest BCUT2D eigenvalue weighted by molar-refractivity contribution is 5.93. The molecule has 0 aliphatic rings. The van der Waals surface area contributed by atoms with Crippen LogP contribution in [0.2, 0.25) is 0 Å². The molecule has 0 bridgehead atoms. The Kier molecular flexibility index (Phi) is 5.97. The highest BCUT2D eigenvalue weighted by atomic mass is 16.5. The van der Waals surface area contributed by atoms with Crippen LogP contribution in [0.4, 0.5) is 11.4 Å². The second-order valence-corrected chi connectivity index (χ2v) is 6.67. The van der Waals surface area contributed by atoms with E-state index in [1.54, 1.807) is 43.5 Å². The van der Waals surface area contributed by atoms with Gasteiger partial charge in [-0.3, -0.25) is 9.59 Å². The van der Waals surface area contributed by atoms with Gasteiger partial charge in [0.2, 0.25) is 11.8 Å². The molecule has 0 radical (unpaired) electrons. The number of carbonyl (C=O) groups is 2. The van der Waals surface area contributed by atoms with Crippen molar-refractivity contribution in [3.8, 4) is 5.75 Å². The van der Waals surface area contributed by atoms with Gasteiger partial charge in [-0.05, 0) is 49.2 Å². The third-order valence-corrected chi connectivity index (χ3v) is 4.56. The van der Waals surface area contributed by atoms with Crippen LogP contribution in [-0.2, 0) is 16.0 Å². The quantitative estimate of drug-likeness (QED) is 0.622. The van der Waals surface area contributed by atoms with Gasteiger partial charge in [-0.2, -0.15) is 0 Å². The van der Waals surface area contributed by atoms with Crippen molar-refractivity contribution in [1.82, 2.24) is 0 Å². The fourth-order valence-corrected chi connectivity index (χ4v) is 3.13. The Morgan fingerprint density at radius 3 is 2.48 bits per heavy atom. The first-order chi connectivity index (χ1) is 13.9. The van der Waals surface area contributed by atoms with Gasteiger partial charge in [-0.1, -0.05) is 6.07 Å². The van der Waals surface area contributed by atoms with Crippen LogP contribution in [0.1, 0.15) is 24.5 Å². The molecule has 0 saturated heterocycles. The molecule has 0 unspecified atom stereocenters. The highest BCUT2D eigenvalue weighted by Gasteiger charge is 2.14. The number of amides is 2. The summed E-state index contributed by atoms with van der Waals surface area (Å²) < 4.78 is 10.6. The van der Waals surface area contributed by atoms with Gasteiger partial charge in [0.1, 0.15) is 11.3 Å². The largest absolute Gasteiger partial charge is 0.497 e. The zero-order chi connectivity index (χ0) is 21.0. The summed E-state index contributed by atoms with van der Waals surface area (Å²) in [5.41, 5.74) is 2.43. The van der Waals surface area contributed by atoms with E-state index in [0.29, 0.717) is 28.3 Å². The smallest absolute Gasteiger partial charge is 0.339 e. The number of anilines is 2. The van der Waals surface area contributed by atoms with Crippen LogP contribution in [0.15, 0.2) is 51.7 Å². The molecule has 7 heteroatoms. The van der Waals surface area contributed by atoms with E-state index in [2.05, 4.69) is 10.6 Å². The van der Waals surface area contributed by atoms with Gasteiger partial charge in [0.25, 0.3) is 0 Å². The van der Waals surface area contributed by atoms with Crippen molar-refractivity contribution >= 4 is 34.2 Å². The SMILES string of the molecule is COc1ccc2c(C)c(CCC(=O)Nc3cccc(NC(C)=O)c3)c(=O)oc2c1. The summed E-state index contributed by atoms with van der Waals surface area (Å²) >= 11 is 0. The Bertz CT molecular complexity index is 1130. The Hall–Kier alpha value is -3.61. The Balaban J connectivity index is 1.72. The zero-order valence-electron chi connectivity index (χ0n) is 16.5. The fraction of sp³-hybridized carbons (Fsp3) is 0.227. The lowest BCUT2D eigenvalue weighted by atomic mass is 10.0. The van der Waals surface area contributed by atoms with E-state index in [1.165, 1.54) is 6.92 Å². The molecule has 7 nitrogen and oxygen atoms in total. The normalized spacial score (nSPS) is 10.6. The average Bonchev–Trinajstić information content (AvgIpc) is 2.67. The molecule has 0 spiro atoms. The minimum Gasteiger partial charge on any atom is -0.497 e. The summed E-state index contributed by atoms with van der Waals surface area (Å²) in [5.74, 6) is 0.178. The van der Waals surface area contributed by atoms with Gasteiger partial charge < -0.3 is 19.8 Å². The standard InChI is InChI=1S/C22H22N2O5/c1-13-18-8-7-17(28-3)12-20(18)29-22(27)19(13)9-10-21(26)24-16-6-4-5-15(11-16)23-14(2)25/h4-8,11-12H,9-10H2,1-3H3,(H,23,25)(H,24,26). The maximum atomic E-state index is 12.4. The first kappa shape index (κ1) is 20.1. The lowest BCUT2D eigenvalue weighted by molar-refractivity contribution is -0.116. The summed E-state index contributed by atoms with van der Waals surface area (Å²) in [6, 6.07) is 12.2. The Morgan fingerprint density at radius 2 is 1.79 bits per heavy atom. The van der Waals surface area contributed by atoms with E-state index in [0.717, 1.165) is 10.9 Å². The first-order valence-corrected chi connectivity index (χ1v) is 9.15. The van der Waals surface area contributed by atoms with Crippen molar-refractivity contribution in [2.45, 2.75) is 26.7 Å². The number of aryl methyl sites for hydroxylation is 1. The average molecular weight is 394 g/mol. The molecular formula is C22H22N2O5. The zero-order valence-corrected chi connectivity index (χ0v) is 16.5. The van der Waals surface area contributed by atoms with Crippen LogP contribution in [0, 0.1) is 6.92 Å². The third-order valence-electron chi connectivity index (χ3n) is 4.56. The van der Waals surface area contributed by atoms with Gasteiger partial charge >= 0.3 is 5.63 Å². The van der Waals surface area contributed by atoms with Crippen LogP contribution >= 0.6 is 0 Å². The van der Waals surface area contributed by atoms with Gasteiger partial charge in [-0.15, -0.1) is 0 Å². The molecule has 0 aliphatic heterocycles. The lowest BCUT2D eigenvalue weighted by Crippen LogP contribution is -2.17. The van der Waals surface area contributed by atoms with Crippen LogP contribution < -0.4 is 21.0 Å². The number of hydrogen-bond acceptors (Lipinski definition) is 5. The number of rotatable bonds is 6. The highest BCUT2D eigenvalue weighted by Crippen LogP contribution is 2.24. The summed E-state index contributed by atoms with van der Waals surface area (Å²) in [4.78, 5) is 35.9. The van der Waals surface area contributed by atoms with Crippen LogP contribution in [0.25, 0.3) is 11.0 Å². The molecule has 2 N–H and O–H groups in total. The van der Waals surface area contributed by atoms with Crippen molar-refractivity contribution < 1.29 is 18.7 Å². The summed E-state index contributed by atoms with van der Waals surface area (Å²) in [6.07, 6.45) is 0.380. The van der Waals surface area contributed by atoms with Crippen LogP contribution in [0.3, 0.4) is 0 Å². The predicted molar refractivity (Wildman–Crippen MR) is 111 cm³/mol. The number of hydrogen-bond donors (Lipinski definition) is 2. The Labute approximate surface area is 167 Å². The topological polar surface area (TPSA) is 97.6 Å². The van der Waals surface area contributed by atoms with Crippen molar-refractivity contribution in [1.29, 1.82) is 0 Å². The van der Waals surface area contributed by atoms with E-state index in [4.69, 9.17) is 9.15 Å². The molecule has 0 saturated carbocycles. The monoisotopic (exact) mass is 394 g/mol. The van der Waals surface area contributed by atoms with Gasteiger partial charge in [-0.25, -0.2) is 4.79 Å². The molecule has 2 aromatic carbocycles. The van der Waals surface area contributed by atoms with Crippen molar-refractivity contribution in [2.24, 2.45) is 0 Å². The fourth-order valence-electron chi connectivity index (χ4n) is 3.13. The van der Waals surface area contributed by atoms with Crippen LogP contribution in [-0.4, -0.2) is 18.9 Å². The van der Waals surface area contributed by atoms with E-state index < -0.39 is 5.63 Å². The van der Waals surface area contributed by atoms with E-state index in [-0.39, 0.29) is 24.7 Å². The molecule has 1 heterocycles. The van der Waals surface area contributed by atoms with Gasteiger partial charge in [0, 0.05) is 41.7 Å². The van der Waals surface area contributed by atoms with E-state index >= 15 is 0 Å². The van der Waals surface area contributed by atoms with Crippen molar-refractivity contribution in [3.05, 3.63) is 64.0 Å². The third kappa shape index (κ3) is 4.82. The molecule has 2 amide bonds.